The summed E-state index contributed by atoms with van der Waals surface area (Å²) in [7, 11) is 0. The maximum absolute atomic E-state index is 13.1. The molecule has 0 spiro atoms. The number of aryl methyl sites for hydroxylation is 1. The number of carbonyl (C=O) groups excluding carboxylic acids is 1. The van der Waals surface area contributed by atoms with Crippen molar-refractivity contribution in [1.29, 1.82) is 0 Å². The van der Waals surface area contributed by atoms with Gasteiger partial charge in [0.05, 0.1) is 10.6 Å². The van der Waals surface area contributed by atoms with Gasteiger partial charge >= 0.3 is 0 Å². The maximum Gasteiger partial charge on any atom is 0.254 e. The SMILES string of the molecule is Cc1ccc(-c2csc(NC(=O)C3(n4cccn4)CCNCC3)n2)s1.Cl. The van der Waals surface area contributed by atoms with Crippen molar-refractivity contribution in [2.45, 2.75) is 25.3 Å². The van der Waals surface area contributed by atoms with E-state index in [1.807, 2.05) is 17.6 Å². The fraction of sp³-hybridized carbons (Fsp3) is 0.353. The molecule has 2 N–H and O–H groups in total. The summed E-state index contributed by atoms with van der Waals surface area (Å²) in [5.74, 6) is -0.0408. The van der Waals surface area contributed by atoms with Crippen molar-refractivity contribution in [1.82, 2.24) is 20.1 Å². The first-order chi connectivity index (χ1) is 12.2. The van der Waals surface area contributed by atoms with E-state index in [1.54, 1.807) is 22.2 Å². The largest absolute Gasteiger partial charge is 0.317 e. The van der Waals surface area contributed by atoms with Crippen molar-refractivity contribution in [3.8, 4) is 10.6 Å². The maximum atomic E-state index is 13.1. The van der Waals surface area contributed by atoms with Crippen LogP contribution >= 0.6 is 35.1 Å². The number of thiazole rings is 1. The number of rotatable bonds is 4. The van der Waals surface area contributed by atoms with Crippen molar-refractivity contribution in [2.24, 2.45) is 0 Å². The van der Waals surface area contributed by atoms with Gasteiger partial charge in [-0.3, -0.25) is 14.8 Å². The van der Waals surface area contributed by atoms with Crippen molar-refractivity contribution in [3.63, 3.8) is 0 Å². The molecule has 3 aromatic rings. The van der Waals surface area contributed by atoms with Gasteiger partial charge in [0.15, 0.2) is 5.13 Å². The fourth-order valence-electron chi connectivity index (χ4n) is 3.15. The molecule has 1 saturated heterocycles. The van der Waals surface area contributed by atoms with Crippen molar-refractivity contribution in [3.05, 3.63) is 40.8 Å². The molecule has 6 nitrogen and oxygen atoms in total. The van der Waals surface area contributed by atoms with Crippen LogP contribution in [-0.2, 0) is 10.3 Å². The smallest absolute Gasteiger partial charge is 0.254 e. The van der Waals surface area contributed by atoms with Crippen LogP contribution in [-0.4, -0.2) is 33.8 Å². The lowest BCUT2D eigenvalue weighted by atomic mass is 9.87. The van der Waals surface area contributed by atoms with Crippen molar-refractivity contribution < 1.29 is 4.79 Å². The first-order valence-corrected chi connectivity index (χ1v) is 9.92. The van der Waals surface area contributed by atoms with Gasteiger partial charge in [-0.05, 0) is 51.1 Å². The van der Waals surface area contributed by atoms with Gasteiger partial charge in [0.25, 0.3) is 5.91 Å². The monoisotopic (exact) mass is 409 g/mol. The summed E-state index contributed by atoms with van der Waals surface area (Å²) in [4.78, 5) is 20.1. The minimum Gasteiger partial charge on any atom is -0.317 e. The molecule has 4 rings (SSSR count). The molecule has 0 bridgehead atoms. The van der Waals surface area contributed by atoms with Crippen LogP contribution in [0, 0.1) is 6.92 Å². The van der Waals surface area contributed by atoms with Gasteiger partial charge < -0.3 is 5.32 Å². The lowest BCUT2D eigenvalue weighted by Gasteiger charge is -2.36. The zero-order valence-electron chi connectivity index (χ0n) is 14.3. The second-order valence-corrected chi connectivity index (χ2v) is 8.28. The Balaban J connectivity index is 0.00000196. The highest BCUT2D eigenvalue weighted by atomic mass is 35.5. The first kappa shape index (κ1) is 19.0. The minimum absolute atomic E-state index is 0. The van der Waals surface area contributed by atoms with Crippen LogP contribution < -0.4 is 10.6 Å². The lowest BCUT2D eigenvalue weighted by Crippen LogP contribution is -2.52. The third-order valence-electron chi connectivity index (χ3n) is 4.51. The first-order valence-electron chi connectivity index (χ1n) is 8.22. The lowest BCUT2D eigenvalue weighted by molar-refractivity contribution is -0.126. The molecule has 1 amide bonds. The number of amides is 1. The highest BCUT2D eigenvalue weighted by Crippen LogP contribution is 2.32. The van der Waals surface area contributed by atoms with Gasteiger partial charge in [0.2, 0.25) is 0 Å². The third-order valence-corrected chi connectivity index (χ3v) is 6.29. The molecule has 0 aromatic carbocycles. The third kappa shape index (κ3) is 3.55. The topological polar surface area (TPSA) is 71.8 Å². The molecular weight excluding hydrogens is 390 g/mol. The van der Waals surface area contributed by atoms with E-state index in [0.29, 0.717) is 18.0 Å². The van der Waals surface area contributed by atoms with Gasteiger partial charge in [-0.15, -0.1) is 35.1 Å². The summed E-state index contributed by atoms with van der Waals surface area (Å²) in [6.07, 6.45) is 5.01. The molecule has 3 aromatic heterocycles. The van der Waals surface area contributed by atoms with Crippen LogP contribution in [0.1, 0.15) is 17.7 Å². The van der Waals surface area contributed by atoms with E-state index in [0.717, 1.165) is 23.7 Å². The normalized spacial score (nSPS) is 16.0. The minimum atomic E-state index is -0.653. The van der Waals surface area contributed by atoms with Gasteiger partial charge in [-0.2, -0.15) is 5.10 Å². The van der Waals surface area contributed by atoms with Gasteiger partial charge in [-0.1, -0.05) is 0 Å². The van der Waals surface area contributed by atoms with Crippen LogP contribution in [0.25, 0.3) is 10.6 Å². The zero-order chi connectivity index (χ0) is 17.3. The summed E-state index contributed by atoms with van der Waals surface area (Å²) in [5, 5.41) is 13.3. The standard InChI is InChI=1S/C17H19N5OS2.ClH/c1-12-3-4-14(25-12)13-11-24-16(20-13)21-15(23)17(5-8-18-9-6-17)22-10-2-7-19-22;/h2-4,7,10-11,18H,5-6,8-9H2,1H3,(H,20,21,23);1H. The number of anilines is 1. The Kier molecular flexibility index (Phi) is 5.76. The van der Waals surface area contributed by atoms with Crippen molar-refractivity contribution >= 4 is 46.1 Å². The second kappa shape index (κ2) is 7.87. The molecule has 1 fully saturated rings. The number of nitrogens with zero attached hydrogens (tertiary/aromatic N) is 3. The Morgan fingerprint density at radius 1 is 1.35 bits per heavy atom. The molecule has 0 aliphatic carbocycles. The van der Waals surface area contributed by atoms with E-state index in [2.05, 4.69) is 39.8 Å². The average molecular weight is 410 g/mol. The Bertz CT molecular complexity index is 867. The number of hydrogen-bond acceptors (Lipinski definition) is 6. The van der Waals surface area contributed by atoms with E-state index < -0.39 is 5.54 Å². The number of nitrogens with one attached hydrogen (secondary N) is 2. The molecule has 0 atom stereocenters. The summed E-state index contributed by atoms with van der Waals surface area (Å²) >= 11 is 3.17. The Labute approximate surface area is 166 Å². The number of thiophene rings is 1. The van der Waals surface area contributed by atoms with E-state index in [4.69, 9.17) is 0 Å². The molecule has 26 heavy (non-hydrogen) atoms. The van der Waals surface area contributed by atoms with Crippen LogP contribution in [0.3, 0.4) is 0 Å². The number of carbonyl (C=O) groups is 1. The second-order valence-electron chi connectivity index (χ2n) is 6.13. The molecule has 0 saturated carbocycles. The predicted molar refractivity (Wildman–Crippen MR) is 108 cm³/mol. The van der Waals surface area contributed by atoms with Gasteiger partial charge in [-0.25, -0.2) is 4.98 Å². The summed E-state index contributed by atoms with van der Waals surface area (Å²) in [6, 6.07) is 6.01. The highest BCUT2D eigenvalue weighted by molar-refractivity contribution is 7.17. The Morgan fingerprint density at radius 3 is 2.81 bits per heavy atom. The molecule has 9 heteroatoms. The highest BCUT2D eigenvalue weighted by Gasteiger charge is 2.42. The number of aromatic nitrogens is 3. The summed E-state index contributed by atoms with van der Waals surface area (Å²) < 4.78 is 1.79. The quantitative estimate of drug-likeness (QED) is 0.691. The van der Waals surface area contributed by atoms with Crippen LogP contribution in [0.5, 0.6) is 0 Å². The van der Waals surface area contributed by atoms with E-state index in [1.165, 1.54) is 16.2 Å². The number of piperidine rings is 1. The molecule has 1 aliphatic rings. The molecule has 0 unspecified atom stereocenters. The van der Waals surface area contributed by atoms with Crippen LogP contribution in [0.15, 0.2) is 36.0 Å². The number of hydrogen-bond donors (Lipinski definition) is 2. The molecule has 4 heterocycles. The Hall–Kier alpha value is -1.74. The molecule has 138 valence electrons. The average Bonchev–Trinajstić information content (AvgIpc) is 3.37. The van der Waals surface area contributed by atoms with Gasteiger partial charge in [0.1, 0.15) is 5.54 Å². The molecule has 0 radical (unpaired) electrons. The molecule has 1 aliphatic heterocycles. The fourth-order valence-corrected chi connectivity index (χ4v) is 4.76. The summed E-state index contributed by atoms with van der Waals surface area (Å²) in [5.41, 5.74) is 0.261. The van der Waals surface area contributed by atoms with Crippen LogP contribution in [0.2, 0.25) is 0 Å². The van der Waals surface area contributed by atoms with E-state index in [9.17, 15) is 4.79 Å². The van der Waals surface area contributed by atoms with Crippen molar-refractivity contribution in [2.75, 3.05) is 18.4 Å². The predicted octanol–water partition coefficient (Wildman–Crippen LogP) is 3.52. The van der Waals surface area contributed by atoms with E-state index >= 15 is 0 Å². The summed E-state index contributed by atoms with van der Waals surface area (Å²) in [6.45, 7) is 3.67. The Morgan fingerprint density at radius 2 is 2.15 bits per heavy atom. The molecular formula is C17H20ClN5OS2. The van der Waals surface area contributed by atoms with E-state index in [-0.39, 0.29) is 18.3 Å². The van der Waals surface area contributed by atoms with Gasteiger partial charge in [0, 0.05) is 22.7 Å². The number of halogens is 1. The van der Waals surface area contributed by atoms with Crippen LogP contribution in [0.4, 0.5) is 5.13 Å². The zero-order valence-corrected chi connectivity index (χ0v) is 16.7.